The molecule has 0 saturated heterocycles. The number of aliphatic hydroxyl groups excluding tert-OH is 2. The summed E-state index contributed by atoms with van der Waals surface area (Å²) in [5.41, 5.74) is 2.33. The fraction of sp³-hybridized carbons (Fsp3) is 0.391. The quantitative estimate of drug-likeness (QED) is 0.363. The Hall–Kier alpha value is -2.74. The molecule has 7 heteroatoms. The van der Waals surface area contributed by atoms with Gasteiger partial charge in [-0.3, -0.25) is 0 Å². The average molecular weight is 412 g/mol. The number of hydrogen-bond acceptors (Lipinski definition) is 5. The van der Waals surface area contributed by atoms with Crippen LogP contribution >= 0.6 is 0 Å². The van der Waals surface area contributed by atoms with E-state index in [1.54, 1.807) is 12.4 Å². The lowest BCUT2D eigenvalue weighted by Gasteiger charge is -2.27. The molecule has 0 spiro atoms. The Labute approximate surface area is 177 Å². The third-order valence-corrected chi connectivity index (χ3v) is 5.15. The number of H-pyrrole nitrogens is 1. The first-order valence-corrected chi connectivity index (χ1v) is 10.2. The molecule has 3 rings (SSSR count). The summed E-state index contributed by atoms with van der Waals surface area (Å²) in [4.78, 5) is 0. The van der Waals surface area contributed by atoms with Crippen molar-refractivity contribution < 1.29 is 19.5 Å². The van der Waals surface area contributed by atoms with Crippen molar-refractivity contribution in [3.63, 3.8) is 0 Å². The number of hydrogen-bond donors (Lipinski definition) is 4. The van der Waals surface area contributed by atoms with Crippen LogP contribution in [0.5, 0.6) is 5.75 Å². The van der Waals surface area contributed by atoms with Gasteiger partial charge in [0.2, 0.25) is 6.33 Å². The fourth-order valence-electron chi connectivity index (χ4n) is 3.16. The van der Waals surface area contributed by atoms with Crippen LogP contribution in [0, 0.1) is 0 Å². The van der Waals surface area contributed by atoms with Crippen LogP contribution in [0.4, 0.5) is 0 Å². The van der Waals surface area contributed by atoms with Gasteiger partial charge in [0.1, 0.15) is 12.4 Å². The van der Waals surface area contributed by atoms with Crippen LogP contribution in [0.3, 0.4) is 0 Å². The third-order valence-electron chi connectivity index (χ3n) is 5.15. The van der Waals surface area contributed by atoms with E-state index in [1.165, 1.54) is 0 Å². The summed E-state index contributed by atoms with van der Waals surface area (Å²) < 4.78 is 7.85. The van der Waals surface area contributed by atoms with Gasteiger partial charge in [-0.05, 0) is 43.5 Å². The Morgan fingerprint density at radius 1 is 1.20 bits per heavy atom. The van der Waals surface area contributed by atoms with E-state index in [-0.39, 0.29) is 12.1 Å². The minimum Gasteiger partial charge on any atom is -0.489 e. The van der Waals surface area contributed by atoms with Gasteiger partial charge in [0.15, 0.2) is 0 Å². The molecule has 0 bridgehead atoms. The van der Waals surface area contributed by atoms with Crippen LogP contribution in [0.25, 0.3) is 0 Å². The van der Waals surface area contributed by atoms with Gasteiger partial charge in [-0.15, -0.1) is 5.10 Å². The van der Waals surface area contributed by atoms with Crippen LogP contribution in [-0.4, -0.2) is 32.5 Å². The first-order valence-electron chi connectivity index (χ1n) is 10.2. The number of aromatic amines is 1. The number of aromatic nitrogens is 3. The standard InChI is InChI=1S/C23H30N4O3/c1-23(2,10-11-27-16-25-26-17-27)24-13-21(29)19-8-9-22(20(12-19)14-28)30-15-18-6-4-3-5-7-18/h3-9,12,16-17,21,24,28-29H,10-11,13-15H2,1-2H3/p+1. The van der Waals surface area contributed by atoms with Gasteiger partial charge >= 0.3 is 0 Å². The van der Waals surface area contributed by atoms with E-state index in [9.17, 15) is 10.2 Å². The second-order valence-corrected chi connectivity index (χ2v) is 8.07. The number of β-amino-alcohol motifs (C(OH)–C–C–N with tert-alkyl or cyclic N) is 1. The van der Waals surface area contributed by atoms with Crippen LogP contribution < -0.4 is 14.6 Å². The van der Waals surface area contributed by atoms with E-state index in [0.29, 0.717) is 24.5 Å². The van der Waals surface area contributed by atoms with E-state index in [2.05, 4.69) is 29.4 Å². The highest BCUT2D eigenvalue weighted by atomic mass is 16.5. The Morgan fingerprint density at radius 3 is 2.70 bits per heavy atom. The molecular weight excluding hydrogens is 380 g/mol. The molecule has 0 fully saturated rings. The number of benzene rings is 2. The zero-order chi connectivity index (χ0) is 21.4. The summed E-state index contributed by atoms with van der Waals surface area (Å²) in [7, 11) is 0. The predicted octanol–water partition coefficient (Wildman–Crippen LogP) is 2.26. The molecule has 1 heterocycles. The van der Waals surface area contributed by atoms with Gasteiger partial charge in [0.25, 0.3) is 6.33 Å². The lowest BCUT2D eigenvalue weighted by atomic mass is 9.99. The molecule has 0 amide bonds. The molecule has 0 aliphatic heterocycles. The number of aliphatic hydroxyl groups is 2. The minimum absolute atomic E-state index is 0.147. The van der Waals surface area contributed by atoms with Crippen LogP contribution in [0.2, 0.25) is 0 Å². The number of rotatable bonds is 11. The number of nitrogens with one attached hydrogen (secondary N) is 2. The second kappa shape index (κ2) is 10.3. The summed E-state index contributed by atoms with van der Waals surface area (Å²) in [5, 5.41) is 30.6. The molecule has 0 saturated carbocycles. The van der Waals surface area contributed by atoms with E-state index in [4.69, 9.17) is 4.74 Å². The van der Waals surface area contributed by atoms with Gasteiger partial charge in [0.05, 0.1) is 19.3 Å². The van der Waals surface area contributed by atoms with Gasteiger partial charge < -0.3 is 20.3 Å². The predicted molar refractivity (Wildman–Crippen MR) is 114 cm³/mol. The van der Waals surface area contributed by atoms with Crippen LogP contribution in [0.1, 0.15) is 43.1 Å². The largest absolute Gasteiger partial charge is 0.489 e. The molecule has 1 atom stereocenters. The van der Waals surface area contributed by atoms with Crippen molar-refractivity contribution in [3.05, 3.63) is 77.9 Å². The first-order chi connectivity index (χ1) is 14.5. The Morgan fingerprint density at radius 2 is 2.00 bits per heavy atom. The maximum atomic E-state index is 10.6. The normalized spacial score (nSPS) is 12.7. The average Bonchev–Trinajstić information content (AvgIpc) is 3.29. The second-order valence-electron chi connectivity index (χ2n) is 8.07. The highest BCUT2D eigenvalue weighted by Crippen LogP contribution is 2.25. The summed E-state index contributed by atoms with van der Waals surface area (Å²) in [6, 6.07) is 15.4. The van der Waals surface area contributed by atoms with Gasteiger partial charge in [-0.25, -0.2) is 4.57 Å². The van der Waals surface area contributed by atoms with Crippen molar-refractivity contribution in [2.45, 2.75) is 51.7 Å². The van der Waals surface area contributed by atoms with Gasteiger partial charge in [-0.2, -0.15) is 0 Å². The van der Waals surface area contributed by atoms with Crippen LogP contribution in [-0.2, 0) is 19.8 Å². The molecule has 30 heavy (non-hydrogen) atoms. The molecule has 1 aromatic heterocycles. The number of ether oxygens (including phenoxy) is 1. The number of aryl methyl sites for hydroxylation is 1. The SMILES string of the molecule is CC(C)(CC[n+]1cn[nH]c1)NCC(O)c1ccc(OCc2ccccc2)c(CO)c1. The zero-order valence-electron chi connectivity index (χ0n) is 17.6. The molecule has 0 radical (unpaired) electrons. The summed E-state index contributed by atoms with van der Waals surface area (Å²) in [6.07, 6.45) is 3.78. The van der Waals surface area contributed by atoms with Crippen molar-refractivity contribution in [3.8, 4) is 5.75 Å². The maximum absolute atomic E-state index is 10.6. The molecule has 1 unspecified atom stereocenters. The molecule has 7 nitrogen and oxygen atoms in total. The fourth-order valence-corrected chi connectivity index (χ4v) is 3.16. The van der Waals surface area contributed by atoms with E-state index >= 15 is 0 Å². The summed E-state index contributed by atoms with van der Waals surface area (Å²) in [5.74, 6) is 0.628. The molecule has 2 aromatic carbocycles. The Bertz CT molecular complexity index is 898. The van der Waals surface area contributed by atoms with E-state index < -0.39 is 6.10 Å². The highest BCUT2D eigenvalue weighted by molar-refractivity contribution is 5.38. The van der Waals surface area contributed by atoms with Crippen molar-refractivity contribution in [1.29, 1.82) is 0 Å². The Balaban J connectivity index is 1.55. The molecule has 3 aromatic rings. The van der Waals surface area contributed by atoms with Gasteiger partial charge in [-0.1, -0.05) is 36.4 Å². The number of nitrogens with zero attached hydrogens (tertiary/aromatic N) is 2. The summed E-state index contributed by atoms with van der Waals surface area (Å²) in [6.45, 7) is 5.75. The third kappa shape index (κ3) is 6.38. The van der Waals surface area contributed by atoms with Crippen molar-refractivity contribution >= 4 is 0 Å². The molecular formula is C23H31N4O3+. The van der Waals surface area contributed by atoms with Crippen molar-refractivity contribution in [1.82, 2.24) is 15.5 Å². The maximum Gasteiger partial charge on any atom is 0.264 e. The lowest BCUT2D eigenvalue weighted by Crippen LogP contribution is -2.45. The van der Waals surface area contributed by atoms with E-state index in [0.717, 1.165) is 24.1 Å². The molecule has 0 aliphatic carbocycles. The topological polar surface area (TPSA) is 94.3 Å². The van der Waals surface area contributed by atoms with Crippen molar-refractivity contribution in [2.75, 3.05) is 6.54 Å². The highest BCUT2D eigenvalue weighted by Gasteiger charge is 2.20. The smallest absolute Gasteiger partial charge is 0.264 e. The van der Waals surface area contributed by atoms with Crippen LogP contribution in [0.15, 0.2) is 61.2 Å². The monoisotopic (exact) mass is 411 g/mol. The Kier molecular flexibility index (Phi) is 7.57. The molecule has 160 valence electrons. The minimum atomic E-state index is -0.681. The first kappa shape index (κ1) is 22.0. The lowest BCUT2D eigenvalue weighted by molar-refractivity contribution is -0.698. The summed E-state index contributed by atoms with van der Waals surface area (Å²) >= 11 is 0. The molecule has 0 aliphatic rings. The van der Waals surface area contributed by atoms with E-state index in [1.807, 2.05) is 53.4 Å². The van der Waals surface area contributed by atoms with Crippen molar-refractivity contribution in [2.24, 2.45) is 0 Å². The molecule has 4 N–H and O–H groups in total. The van der Waals surface area contributed by atoms with Gasteiger partial charge in [0, 0.05) is 22.7 Å². The zero-order valence-corrected chi connectivity index (χ0v) is 17.6.